The number of pyridine rings is 1. The fraction of sp³-hybridized carbons (Fsp3) is 0.143. The summed E-state index contributed by atoms with van der Waals surface area (Å²) in [5.41, 5.74) is 3.04. The average molecular weight is 401 g/mol. The second-order valence-electron chi connectivity index (χ2n) is 6.05. The maximum atomic E-state index is 12.4. The number of halogens is 2. The minimum Gasteiger partial charge on any atom is -0.479 e. The van der Waals surface area contributed by atoms with E-state index in [4.69, 9.17) is 27.9 Å². The standard InChI is InChI=1S/C21H18Cl2N2O2/c1-14(27-20-7-4-17(22)13-19(20)23)21(26)25-18-5-2-15(3-6-18)12-16-8-10-24-11-9-16/h2-11,13-14H,12H2,1H3,(H,25,26)/t14-/m1/s1. The SMILES string of the molecule is C[C@@H](Oc1ccc(Cl)cc1Cl)C(=O)Nc1ccc(Cc2ccncc2)cc1. The van der Waals surface area contributed by atoms with Crippen molar-refractivity contribution in [3.05, 3.63) is 88.2 Å². The molecule has 0 fully saturated rings. The highest BCUT2D eigenvalue weighted by atomic mass is 35.5. The number of aromatic nitrogens is 1. The minimum atomic E-state index is -0.708. The number of nitrogens with one attached hydrogen (secondary N) is 1. The van der Waals surface area contributed by atoms with Gasteiger partial charge in [-0.05, 0) is 66.9 Å². The van der Waals surface area contributed by atoms with Gasteiger partial charge in [0.15, 0.2) is 6.10 Å². The van der Waals surface area contributed by atoms with Gasteiger partial charge in [-0.15, -0.1) is 0 Å². The fourth-order valence-corrected chi connectivity index (χ4v) is 2.95. The van der Waals surface area contributed by atoms with Crippen molar-refractivity contribution >= 4 is 34.8 Å². The Hall–Kier alpha value is -2.56. The normalized spacial score (nSPS) is 11.7. The predicted octanol–water partition coefficient (Wildman–Crippen LogP) is 5.39. The van der Waals surface area contributed by atoms with Crippen molar-refractivity contribution in [2.45, 2.75) is 19.4 Å². The second-order valence-corrected chi connectivity index (χ2v) is 6.90. The van der Waals surface area contributed by atoms with E-state index in [1.807, 2.05) is 36.4 Å². The molecule has 0 saturated heterocycles. The van der Waals surface area contributed by atoms with Gasteiger partial charge >= 0.3 is 0 Å². The van der Waals surface area contributed by atoms with Crippen LogP contribution in [-0.2, 0) is 11.2 Å². The third-order valence-corrected chi connectivity index (χ3v) is 4.48. The van der Waals surface area contributed by atoms with Crippen LogP contribution in [0.25, 0.3) is 0 Å². The summed E-state index contributed by atoms with van der Waals surface area (Å²) < 4.78 is 5.63. The molecule has 3 rings (SSSR count). The molecule has 0 saturated carbocycles. The lowest BCUT2D eigenvalue weighted by molar-refractivity contribution is -0.122. The number of rotatable bonds is 6. The second kappa shape index (κ2) is 8.89. The molecule has 1 N–H and O–H groups in total. The molecule has 1 atom stereocenters. The number of hydrogen-bond acceptors (Lipinski definition) is 3. The van der Waals surface area contributed by atoms with Gasteiger partial charge < -0.3 is 10.1 Å². The molecule has 0 unspecified atom stereocenters. The van der Waals surface area contributed by atoms with Gasteiger partial charge in [0.05, 0.1) is 5.02 Å². The summed E-state index contributed by atoms with van der Waals surface area (Å²) in [7, 11) is 0. The highest BCUT2D eigenvalue weighted by Gasteiger charge is 2.16. The van der Waals surface area contributed by atoms with Gasteiger partial charge in [0.1, 0.15) is 5.75 Å². The first-order valence-corrected chi connectivity index (χ1v) is 9.17. The van der Waals surface area contributed by atoms with Crippen LogP contribution in [0.2, 0.25) is 10.0 Å². The Morgan fingerprint density at radius 3 is 2.37 bits per heavy atom. The third kappa shape index (κ3) is 5.46. The molecule has 1 aromatic heterocycles. The van der Waals surface area contributed by atoms with Crippen molar-refractivity contribution in [2.24, 2.45) is 0 Å². The minimum absolute atomic E-state index is 0.261. The lowest BCUT2D eigenvalue weighted by Gasteiger charge is -2.16. The molecular weight excluding hydrogens is 383 g/mol. The van der Waals surface area contributed by atoms with Crippen LogP contribution < -0.4 is 10.1 Å². The number of nitrogens with zero attached hydrogens (tertiary/aromatic N) is 1. The smallest absolute Gasteiger partial charge is 0.265 e. The maximum Gasteiger partial charge on any atom is 0.265 e. The first-order valence-electron chi connectivity index (χ1n) is 8.41. The van der Waals surface area contributed by atoms with Crippen molar-refractivity contribution in [1.29, 1.82) is 0 Å². The number of benzene rings is 2. The van der Waals surface area contributed by atoms with Crippen molar-refractivity contribution in [2.75, 3.05) is 5.32 Å². The van der Waals surface area contributed by atoms with E-state index in [2.05, 4.69) is 10.3 Å². The van der Waals surface area contributed by atoms with Gasteiger partial charge in [-0.1, -0.05) is 35.3 Å². The number of anilines is 1. The van der Waals surface area contributed by atoms with Crippen LogP contribution in [0.5, 0.6) is 5.75 Å². The molecule has 1 heterocycles. The number of carbonyl (C=O) groups excluding carboxylic acids is 1. The Morgan fingerprint density at radius 1 is 1.04 bits per heavy atom. The predicted molar refractivity (Wildman–Crippen MR) is 109 cm³/mol. The molecule has 6 heteroatoms. The Morgan fingerprint density at radius 2 is 1.70 bits per heavy atom. The fourth-order valence-electron chi connectivity index (χ4n) is 2.50. The molecule has 0 aliphatic carbocycles. The molecule has 27 heavy (non-hydrogen) atoms. The maximum absolute atomic E-state index is 12.4. The van der Waals surface area contributed by atoms with Gasteiger partial charge in [-0.25, -0.2) is 0 Å². The molecule has 0 bridgehead atoms. The highest BCUT2D eigenvalue weighted by Crippen LogP contribution is 2.28. The summed E-state index contributed by atoms with van der Waals surface area (Å²) in [6.07, 6.45) is 3.65. The molecule has 0 aliphatic rings. The van der Waals surface area contributed by atoms with Crippen LogP contribution in [0.1, 0.15) is 18.1 Å². The van der Waals surface area contributed by atoms with Gasteiger partial charge in [0.2, 0.25) is 0 Å². The van der Waals surface area contributed by atoms with E-state index in [0.717, 1.165) is 12.0 Å². The molecule has 0 radical (unpaired) electrons. The topological polar surface area (TPSA) is 51.2 Å². The quantitative estimate of drug-likeness (QED) is 0.603. The van der Waals surface area contributed by atoms with E-state index in [1.54, 1.807) is 37.5 Å². The summed E-state index contributed by atoms with van der Waals surface area (Å²) in [5, 5.41) is 3.71. The van der Waals surface area contributed by atoms with Gasteiger partial charge in [-0.2, -0.15) is 0 Å². The summed E-state index contributed by atoms with van der Waals surface area (Å²) >= 11 is 11.9. The van der Waals surface area contributed by atoms with Crippen molar-refractivity contribution in [1.82, 2.24) is 4.98 Å². The number of carbonyl (C=O) groups is 1. The monoisotopic (exact) mass is 400 g/mol. The van der Waals surface area contributed by atoms with E-state index in [-0.39, 0.29) is 5.91 Å². The molecule has 0 aliphatic heterocycles. The number of ether oxygens (including phenoxy) is 1. The number of amides is 1. The van der Waals surface area contributed by atoms with Crippen molar-refractivity contribution in [3.8, 4) is 5.75 Å². The van der Waals surface area contributed by atoms with Crippen LogP contribution in [0.4, 0.5) is 5.69 Å². The largest absolute Gasteiger partial charge is 0.479 e. The Balaban J connectivity index is 1.58. The zero-order valence-electron chi connectivity index (χ0n) is 14.7. The van der Waals surface area contributed by atoms with Crippen LogP contribution >= 0.6 is 23.2 Å². The molecular formula is C21H18Cl2N2O2. The Bertz CT molecular complexity index is 915. The zero-order valence-corrected chi connectivity index (χ0v) is 16.2. The molecule has 3 aromatic rings. The van der Waals surface area contributed by atoms with E-state index >= 15 is 0 Å². The summed E-state index contributed by atoms with van der Waals surface area (Å²) in [6, 6.07) is 16.6. The van der Waals surface area contributed by atoms with E-state index in [0.29, 0.717) is 21.5 Å². The van der Waals surface area contributed by atoms with E-state index in [9.17, 15) is 4.79 Å². The molecule has 0 spiro atoms. The van der Waals surface area contributed by atoms with Crippen LogP contribution in [0.3, 0.4) is 0 Å². The van der Waals surface area contributed by atoms with Crippen LogP contribution in [0.15, 0.2) is 67.0 Å². The zero-order chi connectivity index (χ0) is 19.2. The molecule has 4 nitrogen and oxygen atoms in total. The third-order valence-electron chi connectivity index (χ3n) is 3.95. The Kier molecular flexibility index (Phi) is 6.32. The summed E-state index contributed by atoms with van der Waals surface area (Å²) in [4.78, 5) is 16.4. The van der Waals surface area contributed by atoms with E-state index in [1.165, 1.54) is 5.56 Å². The molecule has 2 aromatic carbocycles. The molecule has 1 amide bonds. The first kappa shape index (κ1) is 19.2. The van der Waals surface area contributed by atoms with Crippen LogP contribution in [-0.4, -0.2) is 17.0 Å². The van der Waals surface area contributed by atoms with E-state index < -0.39 is 6.10 Å². The summed E-state index contributed by atoms with van der Waals surface area (Å²) in [5.74, 6) is 0.152. The first-order chi connectivity index (χ1) is 13.0. The van der Waals surface area contributed by atoms with Crippen LogP contribution in [0, 0.1) is 0 Å². The number of hydrogen-bond donors (Lipinski definition) is 1. The molecule has 138 valence electrons. The lowest BCUT2D eigenvalue weighted by Crippen LogP contribution is -2.30. The Labute approximate surface area is 168 Å². The van der Waals surface area contributed by atoms with Crippen molar-refractivity contribution < 1.29 is 9.53 Å². The highest BCUT2D eigenvalue weighted by molar-refractivity contribution is 6.35. The van der Waals surface area contributed by atoms with Gasteiger partial charge in [-0.3, -0.25) is 9.78 Å². The van der Waals surface area contributed by atoms with Gasteiger partial charge in [0.25, 0.3) is 5.91 Å². The lowest BCUT2D eigenvalue weighted by atomic mass is 10.1. The van der Waals surface area contributed by atoms with Gasteiger partial charge in [0, 0.05) is 23.1 Å². The average Bonchev–Trinajstić information content (AvgIpc) is 2.66. The summed E-state index contributed by atoms with van der Waals surface area (Å²) in [6.45, 7) is 1.66. The van der Waals surface area contributed by atoms with Crippen molar-refractivity contribution in [3.63, 3.8) is 0 Å².